The topological polar surface area (TPSA) is 55.8 Å². The monoisotopic (exact) mass is 480 g/mol. The number of carbonyl (C=O) groups is 1. The molecule has 1 aromatic rings. The first-order valence-electron chi connectivity index (χ1n) is 9.99. The van der Waals surface area contributed by atoms with Crippen LogP contribution in [0.4, 0.5) is 0 Å². The predicted molar refractivity (Wildman–Crippen MR) is 125 cm³/mol. The maximum Gasteiger partial charge on any atom is 0.341 e. The Hall–Kier alpha value is -0.883. The van der Waals surface area contributed by atoms with E-state index < -0.39 is 12.0 Å². The van der Waals surface area contributed by atoms with Crippen molar-refractivity contribution in [3.8, 4) is 11.5 Å². The Bertz CT molecular complexity index is 660. The number of carboxylic acids is 1. The van der Waals surface area contributed by atoms with Crippen LogP contribution in [0.25, 0.3) is 6.08 Å². The summed E-state index contributed by atoms with van der Waals surface area (Å²) in [7, 11) is 3.13. The van der Waals surface area contributed by atoms with Crippen LogP contribution in [0.15, 0.2) is 23.8 Å². The largest absolute Gasteiger partial charge is 0.493 e. The maximum absolute atomic E-state index is 11.6. The average Bonchev–Trinajstić information content (AvgIpc) is 2.67. The second-order valence-corrected chi connectivity index (χ2v) is 16.3. The zero-order valence-corrected chi connectivity index (χ0v) is 20.5. The molecule has 0 radical (unpaired) electrons. The van der Waals surface area contributed by atoms with Crippen LogP contribution in [0, 0.1) is 0 Å². The van der Waals surface area contributed by atoms with Crippen molar-refractivity contribution in [1.29, 1.82) is 0 Å². The number of hydrogen-bond donors (Lipinski definition) is 1. The third kappa shape index (κ3) is 11.8. The van der Waals surface area contributed by atoms with Crippen LogP contribution in [0.2, 0.25) is 6.04 Å². The lowest BCUT2D eigenvalue weighted by molar-refractivity contribution is -0.132. The van der Waals surface area contributed by atoms with Gasteiger partial charge in [0.25, 0.3) is 0 Å². The smallest absolute Gasteiger partial charge is 0.341 e. The molecule has 0 saturated heterocycles. The van der Waals surface area contributed by atoms with E-state index in [9.17, 15) is 9.90 Å². The molecular formula is C21H31Cl3O4Si. The molecule has 164 valence electrons. The molecule has 1 N–H and O–H groups in total. The summed E-state index contributed by atoms with van der Waals surface area (Å²) in [4.78, 5) is 11.6. The van der Waals surface area contributed by atoms with Gasteiger partial charge in [-0.2, -0.15) is 0 Å². The number of rotatable bonds is 15. The molecule has 0 aliphatic carbocycles. The number of hydrogen-bond acceptors (Lipinski definition) is 3. The molecule has 0 fully saturated rings. The van der Waals surface area contributed by atoms with Crippen molar-refractivity contribution in [2.45, 2.75) is 63.8 Å². The van der Waals surface area contributed by atoms with Crippen molar-refractivity contribution < 1.29 is 19.4 Å². The zero-order chi connectivity index (χ0) is 21.7. The van der Waals surface area contributed by atoms with E-state index in [2.05, 4.69) is 0 Å². The van der Waals surface area contributed by atoms with Crippen LogP contribution in [0.5, 0.6) is 11.5 Å². The summed E-state index contributed by atoms with van der Waals surface area (Å²) in [6.07, 6.45) is 10.9. The van der Waals surface area contributed by atoms with Gasteiger partial charge in [-0.15, -0.1) is 33.2 Å². The highest BCUT2D eigenvalue weighted by molar-refractivity contribution is 7.64. The summed E-state index contributed by atoms with van der Waals surface area (Å²) in [6.45, 7) is 0. The normalized spacial score (nSPS) is 12.1. The lowest BCUT2D eigenvalue weighted by Crippen LogP contribution is -2.07. The highest BCUT2D eigenvalue weighted by Gasteiger charge is 2.23. The first-order chi connectivity index (χ1) is 13.8. The third-order valence-electron chi connectivity index (χ3n) is 4.68. The maximum atomic E-state index is 11.6. The molecule has 29 heavy (non-hydrogen) atoms. The van der Waals surface area contributed by atoms with Crippen molar-refractivity contribution in [2.75, 3.05) is 14.2 Å². The molecule has 0 unspecified atom stereocenters. The summed E-state index contributed by atoms with van der Waals surface area (Å²) in [5.41, 5.74) is 1.20. The summed E-state index contributed by atoms with van der Waals surface area (Å²) >= 11 is 17.6. The lowest BCUT2D eigenvalue weighted by Gasteiger charge is -2.09. The van der Waals surface area contributed by atoms with Crippen LogP contribution in [0.1, 0.15) is 63.4 Å². The van der Waals surface area contributed by atoms with Gasteiger partial charge in [-0.25, -0.2) is 4.79 Å². The first-order valence-corrected chi connectivity index (χ1v) is 15.2. The van der Waals surface area contributed by atoms with Gasteiger partial charge in [0.15, 0.2) is 11.5 Å². The number of halogens is 3. The van der Waals surface area contributed by atoms with Gasteiger partial charge >= 0.3 is 12.0 Å². The molecule has 1 aromatic carbocycles. The second kappa shape index (κ2) is 14.2. The molecule has 0 atom stereocenters. The van der Waals surface area contributed by atoms with Crippen molar-refractivity contribution in [2.24, 2.45) is 0 Å². The lowest BCUT2D eigenvalue weighted by atomic mass is 10.0. The highest BCUT2D eigenvalue weighted by Crippen LogP contribution is 2.29. The molecule has 0 aromatic heterocycles. The van der Waals surface area contributed by atoms with Crippen molar-refractivity contribution in [3.63, 3.8) is 0 Å². The highest BCUT2D eigenvalue weighted by atomic mass is 35.8. The van der Waals surface area contributed by atoms with E-state index in [0.29, 0.717) is 23.5 Å². The van der Waals surface area contributed by atoms with E-state index in [0.717, 1.165) is 56.6 Å². The fourth-order valence-corrected chi connectivity index (χ4v) is 4.94. The minimum absolute atomic E-state index is 0.410. The standard InChI is InChI=1S/C21H31Cl3O4Si/c1-27-19-13-12-17(16-20(19)28-2)15-18(21(25)26)11-9-7-5-3-4-6-8-10-14-29(22,23)24/h12-13,15-16H,3-11,14H2,1-2H3,(H,25,26)/b18-15+. The molecule has 0 amide bonds. The summed E-state index contributed by atoms with van der Waals surface area (Å²) in [6, 6.07) is 3.68. The zero-order valence-electron chi connectivity index (χ0n) is 17.2. The van der Waals surface area contributed by atoms with Crippen molar-refractivity contribution in [3.05, 3.63) is 29.3 Å². The summed E-state index contributed by atoms with van der Waals surface area (Å²) in [5, 5.41) is 9.49. The molecular weight excluding hydrogens is 451 g/mol. The number of unbranched alkanes of at least 4 members (excludes halogenated alkanes) is 7. The SMILES string of the molecule is COc1ccc(/C=C(\CCCCCCCCCC[Si](Cl)(Cl)Cl)C(=O)O)cc1OC. The minimum atomic E-state index is -2.45. The molecule has 8 heteroatoms. The van der Waals surface area contributed by atoms with Crippen molar-refractivity contribution >= 4 is 51.3 Å². The fraction of sp³-hybridized carbons (Fsp3) is 0.571. The Morgan fingerprint density at radius 1 is 0.931 bits per heavy atom. The number of benzene rings is 1. The van der Waals surface area contributed by atoms with E-state index >= 15 is 0 Å². The van der Waals surface area contributed by atoms with Gasteiger partial charge in [-0.1, -0.05) is 51.0 Å². The Kier molecular flexibility index (Phi) is 12.8. The van der Waals surface area contributed by atoms with Crippen molar-refractivity contribution in [1.82, 2.24) is 0 Å². The van der Waals surface area contributed by atoms with E-state index in [4.69, 9.17) is 42.7 Å². The summed E-state index contributed by atoms with van der Waals surface area (Å²) in [5.74, 6) is 0.329. The van der Waals surface area contributed by atoms with Gasteiger partial charge in [-0.3, -0.25) is 0 Å². The van der Waals surface area contributed by atoms with E-state index in [1.807, 2.05) is 6.07 Å². The fourth-order valence-electron chi connectivity index (χ4n) is 3.09. The van der Waals surface area contributed by atoms with Gasteiger partial charge in [0.1, 0.15) is 0 Å². The van der Waals surface area contributed by atoms with Gasteiger partial charge in [0, 0.05) is 5.57 Å². The molecule has 0 aliphatic rings. The predicted octanol–water partition coefficient (Wildman–Crippen LogP) is 7.34. The van der Waals surface area contributed by atoms with E-state index in [1.165, 1.54) is 6.42 Å². The molecule has 4 nitrogen and oxygen atoms in total. The van der Waals surface area contributed by atoms with Crippen LogP contribution in [0.3, 0.4) is 0 Å². The van der Waals surface area contributed by atoms with Crippen LogP contribution in [-0.4, -0.2) is 31.3 Å². The molecule has 0 spiro atoms. The Morgan fingerprint density at radius 2 is 1.48 bits per heavy atom. The van der Waals surface area contributed by atoms with E-state index in [1.54, 1.807) is 32.4 Å². The number of carboxylic acid groups (broad SMARTS) is 1. The van der Waals surface area contributed by atoms with Gasteiger partial charge < -0.3 is 14.6 Å². The second-order valence-electron chi connectivity index (χ2n) is 7.03. The van der Waals surface area contributed by atoms with Crippen LogP contribution < -0.4 is 9.47 Å². The van der Waals surface area contributed by atoms with Gasteiger partial charge in [0.2, 0.25) is 0 Å². The Labute approximate surface area is 189 Å². The van der Waals surface area contributed by atoms with Crippen LogP contribution in [-0.2, 0) is 4.79 Å². The van der Waals surface area contributed by atoms with Gasteiger partial charge in [-0.05, 0) is 42.7 Å². The van der Waals surface area contributed by atoms with E-state index in [-0.39, 0.29) is 0 Å². The first kappa shape index (κ1) is 26.2. The van der Waals surface area contributed by atoms with Gasteiger partial charge in [0.05, 0.1) is 14.2 Å². The summed E-state index contributed by atoms with van der Waals surface area (Å²) < 4.78 is 10.5. The third-order valence-corrected chi connectivity index (χ3v) is 7.30. The molecule has 0 aliphatic heterocycles. The van der Waals surface area contributed by atoms with Crippen LogP contribution >= 0.6 is 33.2 Å². The molecule has 0 heterocycles. The average molecular weight is 482 g/mol. The Morgan fingerprint density at radius 3 is 2.00 bits per heavy atom. The minimum Gasteiger partial charge on any atom is -0.493 e. The molecule has 1 rings (SSSR count). The number of methoxy groups -OCH3 is 2. The molecule has 0 bridgehead atoms. The number of aliphatic carboxylic acids is 1. The quantitative estimate of drug-likeness (QED) is 0.123. The Balaban J connectivity index is 2.33. The molecule has 0 saturated carbocycles. The number of ether oxygens (including phenoxy) is 2.